The van der Waals surface area contributed by atoms with Crippen LogP contribution < -0.4 is 9.47 Å². The predicted octanol–water partition coefficient (Wildman–Crippen LogP) is 2.09. The molecule has 0 amide bonds. The fraction of sp³-hybridized carbons (Fsp3) is 0.300. The normalized spacial score (nSPS) is 9.80. The lowest BCUT2D eigenvalue weighted by atomic mass is 10.1. The molecule has 0 unspecified atom stereocenters. The molecule has 0 saturated heterocycles. The van der Waals surface area contributed by atoms with Crippen LogP contribution in [0.3, 0.4) is 0 Å². The number of carboxylic acids is 1. The summed E-state index contributed by atoms with van der Waals surface area (Å²) in [6.07, 6.45) is -0.0753. The number of rotatable bonds is 4. The molecule has 1 N–H and O–H groups in total. The van der Waals surface area contributed by atoms with E-state index in [9.17, 15) is 4.79 Å². The number of ether oxygens (including phenoxy) is 2. The highest BCUT2D eigenvalue weighted by Gasteiger charge is 2.12. The van der Waals surface area contributed by atoms with E-state index in [0.717, 1.165) is 0 Å². The number of carboxylic acid groups (broad SMARTS) is 1. The first-order chi connectivity index (χ1) is 7.08. The number of carbonyl (C=O) groups is 1. The van der Waals surface area contributed by atoms with Gasteiger partial charge in [0.1, 0.15) is 11.5 Å². The van der Waals surface area contributed by atoms with Crippen molar-refractivity contribution < 1.29 is 19.4 Å². The van der Waals surface area contributed by atoms with Gasteiger partial charge >= 0.3 is 5.97 Å². The molecule has 82 valence electrons. The lowest BCUT2D eigenvalue weighted by Crippen LogP contribution is -2.02. The number of aliphatic carboxylic acids is 1. The van der Waals surface area contributed by atoms with Crippen LogP contribution >= 0.6 is 15.9 Å². The minimum Gasteiger partial charge on any atom is -0.497 e. The molecule has 0 atom stereocenters. The summed E-state index contributed by atoms with van der Waals surface area (Å²) in [7, 11) is 3.04. The molecule has 1 aromatic rings. The largest absolute Gasteiger partial charge is 0.497 e. The van der Waals surface area contributed by atoms with Gasteiger partial charge in [-0.25, -0.2) is 0 Å². The fourth-order valence-corrected chi connectivity index (χ4v) is 1.72. The number of halogens is 1. The molecular weight excluding hydrogens is 264 g/mol. The Labute approximate surface area is 95.9 Å². The SMILES string of the molecule is COc1cc(CC(=O)O)c(Br)c(OC)c1. The van der Waals surface area contributed by atoms with E-state index in [1.807, 2.05) is 0 Å². The quantitative estimate of drug-likeness (QED) is 0.914. The Morgan fingerprint density at radius 1 is 1.40 bits per heavy atom. The van der Waals surface area contributed by atoms with Crippen molar-refractivity contribution in [2.24, 2.45) is 0 Å². The summed E-state index contributed by atoms with van der Waals surface area (Å²) >= 11 is 3.29. The molecule has 1 rings (SSSR count). The van der Waals surface area contributed by atoms with Gasteiger partial charge in [0.15, 0.2) is 0 Å². The highest BCUT2D eigenvalue weighted by atomic mass is 79.9. The Hall–Kier alpha value is -1.23. The number of benzene rings is 1. The van der Waals surface area contributed by atoms with Gasteiger partial charge in [0.2, 0.25) is 0 Å². The molecule has 0 fully saturated rings. The molecule has 0 aromatic heterocycles. The Kier molecular flexibility index (Phi) is 3.96. The second-order valence-electron chi connectivity index (χ2n) is 2.87. The molecule has 0 aliphatic carbocycles. The minimum atomic E-state index is -0.897. The van der Waals surface area contributed by atoms with Gasteiger partial charge in [-0.3, -0.25) is 4.79 Å². The summed E-state index contributed by atoms with van der Waals surface area (Å²) in [5.74, 6) is 0.239. The van der Waals surface area contributed by atoms with Gasteiger partial charge in [-0.15, -0.1) is 0 Å². The van der Waals surface area contributed by atoms with Gasteiger partial charge in [-0.05, 0) is 27.6 Å². The van der Waals surface area contributed by atoms with Crippen molar-refractivity contribution in [2.45, 2.75) is 6.42 Å². The van der Waals surface area contributed by atoms with Crippen molar-refractivity contribution in [3.8, 4) is 11.5 Å². The van der Waals surface area contributed by atoms with Crippen LogP contribution in [0, 0.1) is 0 Å². The lowest BCUT2D eigenvalue weighted by molar-refractivity contribution is -0.136. The first-order valence-electron chi connectivity index (χ1n) is 4.20. The van der Waals surface area contributed by atoms with Gasteiger partial charge in [0, 0.05) is 6.07 Å². The molecular formula is C10H11BrO4. The first-order valence-corrected chi connectivity index (χ1v) is 5.00. The molecule has 0 radical (unpaired) electrons. The van der Waals surface area contributed by atoms with E-state index in [0.29, 0.717) is 21.5 Å². The van der Waals surface area contributed by atoms with Crippen LogP contribution in [0.1, 0.15) is 5.56 Å². The maximum Gasteiger partial charge on any atom is 0.307 e. The van der Waals surface area contributed by atoms with Crippen LogP contribution in [0.5, 0.6) is 11.5 Å². The Bertz CT molecular complexity index is 376. The average molecular weight is 275 g/mol. The van der Waals surface area contributed by atoms with E-state index in [1.54, 1.807) is 12.1 Å². The van der Waals surface area contributed by atoms with E-state index in [4.69, 9.17) is 14.6 Å². The van der Waals surface area contributed by atoms with Gasteiger partial charge in [-0.2, -0.15) is 0 Å². The Balaban J connectivity index is 3.17. The molecule has 15 heavy (non-hydrogen) atoms. The predicted molar refractivity (Wildman–Crippen MR) is 58.6 cm³/mol. The molecule has 0 bridgehead atoms. The summed E-state index contributed by atoms with van der Waals surface area (Å²) in [6.45, 7) is 0. The average Bonchev–Trinajstić information content (AvgIpc) is 2.20. The van der Waals surface area contributed by atoms with Crippen LogP contribution in [0.2, 0.25) is 0 Å². The van der Waals surface area contributed by atoms with Crippen LogP contribution in [0.15, 0.2) is 16.6 Å². The molecule has 0 spiro atoms. The van der Waals surface area contributed by atoms with Gasteiger partial charge in [0.25, 0.3) is 0 Å². The van der Waals surface area contributed by atoms with Crippen molar-refractivity contribution in [2.75, 3.05) is 14.2 Å². The summed E-state index contributed by atoms with van der Waals surface area (Å²) in [5, 5.41) is 8.72. The summed E-state index contributed by atoms with van der Waals surface area (Å²) in [5.41, 5.74) is 0.624. The number of hydrogen-bond donors (Lipinski definition) is 1. The zero-order valence-corrected chi connectivity index (χ0v) is 10.00. The van der Waals surface area contributed by atoms with Crippen molar-refractivity contribution in [1.82, 2.24) is 0 Å². The molecule has 0 heterocycles. The molecule has 0 saturated carbocycles. The van der Waals surface area contributed by atoms with Crippen molar-refractivity contribution in [3.63, 3.8) is 0 Å². The van der Waals surface area contributed by atoms with Gasteiger partial charge in [0.05, 0.1) is 25.1 Å². The Morgan fingerprint density at radius 3 is 2.53 bits per heavy atom. The van der Waals surface area contributed by atoms with E-state index < -0.39 is 5.97 Å². The summed E-state index contributed by atoms with van der Waals surface area (Å²) < 4.78 is 10.8. The van der Waals surface area contributed by atoms with Crippen molar-refractivity contribution in [1.29, 1.82) is 0 Å². The van der Waals surface area contributed by atoms with E-state index in [1.165, 1.54) is 14.2 Å². The van der Waals surface area contributed by atoms with Crippen LogP contribution in [0.4, 0.5) is 0 Å². The second kappa shape index (κ2) is 5.02. The highest BCUT2D eigenvalue weighted by Crippen LogP contribution is 2.33. The van der Waals surface area contributed by atoms with Gasteiger partial charge in [-0.1, -0.05) is 0 Å². The molecule has 4 nitrogen and oxygen atoms in total. The van der Waals surface area contributed by atoms with Crippen LogP contribution in [-0.4, -0.2) is 25.3 Å². The maximum atomic E-state index is 10.6. The third-order valence-electron chi connectivity index (χ3n) is 1.89. The molecule has 0 aliphatic rings. The molecule has 5 heteroatoms. The maximum absolute atomic E-state index is 10.6. The van der Waals surface area contributed by atoms with Gasteiger partial charge < -0.3 is 14.6 Å². The smallest absolute Gasteiger partial charge is 0.307 e. The van der Waals surface area contributed by atoms with Crippen molar-refractivity contribution >= 4 is 21.9 Å². The monoisotopic (exact) mass is 274 g/mol. The molecule has 1 aromatic carbocycles. The first kappa shape index (κ1) is 11.8. The van der Waals surface area contributed by atoms with E-state index in [2.05, 4.69) is 15.9 Å². The topological polar surface area (TPSA) is 55.8 Å². The third-order valence-corrected chi connectivity index (χ3v) is 2.79. The lowest BCUT2D eigenvalue weighted by Gasteiger charge is -2.10. The summed E-state index contributed by atoms with van der Waals surface area (Å²) in [4.78, 5) is 10.6. The zero-order valence-electron chi connectivity index (χ0n) is 8.41. The van der Waals surface area contributed by atoms with Crippen LogP contribution in [0.25, 0.3) is 0 Å². The standard InChI is InChI=1S/C10H11BrO4/c1-14-7-3-6(4-9(12)13)10(11)8(5-7)15-2/h3,5H,4H2,1-2H3,(H,12,13). The minimum absolute atomic E-state index is 0.0753. The number of hydrogen-bond acceptors (Lipinski definition) is 3. The second-order valence-corrected chi connectivity index (χ2v) is 3.67. The Morgan fingerprint density at radius 2 is 2.07 bits per heavy atom. The van der Waals surface area contributed by atoms with Crippen molar-refractivity contribution in [3.05, 3.63) is 22.2 Å². The third kappa shape index (κ3) is 2.86. The van der Waals surface area contributed by atoms with E-state index >= 15 is 0 Å². The van der Waals surface area contributed by atoms with E-state index in [-0.39, 0.29) is 6.42 Å². The zero-order chi connectivity index (χ0) is 11.4. The highest BCUT2D eigenvalue weighted by molar-refractivity contribution is 9.10. The fourth-order valence-electron chi connectivity index (χ4n) is 1.19. The van der Waals surface area contributed by atoms with Crippen LogP contribution in [-0.2, 0) is 11.2 Å². The summed E-state index contributed by atoms with van der Waals surface area (Å²) in [6, 6.07) is 3.36. The molecule has 0 aliphatic heterocycles. The number of methoxy groups -OCH3 is 2.